The predicted molar refractivity (Wildman–Crippen MR) is 74.1 cm³/mol. The minimum Gasteiger partial charge on any atom is -0.483 e. The van der Waals surface area contributed by atoms with Crippen molar-refractivity contribution in [2.75, 3.05) is 19.9 Å². The van der Waals surface area contributed by atoms with Gasteiger partial charge >= 0.3 is 0 Å². The molecule has 1 heterocycles. The fourth-order valence-corrected chi connectivity index (χ4v) is 1.96. The number of ether oxygens (including phenoxy) is 3. The lowest BCUT2D eigenvalue weighted by molar-refractivity contribution is -0.123. The Kier molecular flexibility index (Phi) is 4.68. The highest BCUT2D eigenvalue weighted by atomic mass is 16.7. The fraction of sp³-hybridized carbons (Fsp3) is 0.500. The molecule has 1 aromatic carbocycles. The molecule has 1 aliphatic rings. The summed E-state index contributed by atoms with van der Waals surface area (Å²) in [6.07, 6.45) is 0.651. The van der Waals surface area contributed by atoms with Gasteiger partial charge in [0.2, 0.25) is 6.79 Å². The number of amides is 1. The smallest absolute Gasteiger partial charge is 0.258 e. The highest BCUT2D eigenvalue weighted by Crippen LogP contribution is 2.38. The van der Waals surface area contributed by atoms with Gasteiger partial charge in [0.05, 0.1) is 0 Å². The van der Waals surface area contributed by atoms with Crippen LogP contribution in [-0.2, 0) is 11.2 Å². The van der Waals surface area contributed by atoms with E-state index < -0.39 is 0 Å². The average Bonchev–Trinajstić information content (AvgIpc) is 2.82. The molecular weight excluding hydrogens is 260 g/mol. The van der Waals surface area contributed by atoms with Crippen LogP contribution in [0.4, 0.5) is 0 Å². The van der Waals surface area contributed by atoms with E-state index in [1.165, 1.54) is 0 Å². The molecule has 0 atom stereocenters. The van der Waals surface area contributed by atoms with E-state index in [0.29, 0.717) is 30.2 Å². The average molecular weight is 280 g/mol. The molecule has 110 valence electrons. The number of carbonyl (C=O) groups excluding carboxylic acids is 1. The quantitative estimate of drug-likeness (QED) is 0.806. The van der Waals surface area contributed by atoms with Crippen LogP contribution < -0.4 is 25.3 Å². The summed E-state index contributed by atoms with van der Waals surface area (Å²) >= 11 is 0. The second-order valence-electron chi connectivity index (χ2n) is 4.86. The number of hydrogen-bond acceptors (Lipinski definition) is 5. The Labute approximate surface area is 118 Å². The highest BCUT2D eigenvalue weighted by molar-refractivity contribution is 5.77. The number of nitrogens with two attached hydrogens (primary N) is 1. The molecule has 0 radical (unpaired) electrons. The SMILES string of the molecule is CC(C)NC(=O)COc1cc2c(cc1CCN)OCO2. The summed E-state index contributed by atoms with van der Waals surface area (Å²) < 4.78 is 16.2. The van der Waals surface area contributed by atoms with E-state index in [1.54, 1.807) is 6.07 Å². The van der Waals surface area contributed by atoms with Crippen molar-refractivity contribution < 1.29 is 19.0 Å². The summed E-state index contributed by atoms with van der Waals surface area (Å²) in [6.45, 7) is 4.47. The minimum atomic E-state index is -0.156. The molecule has 1 aliphatic heterocycles. The van der Waals surface area contributed by atoms with E-state index in [0.717, 1.165) is 5.56 Å². The van der Waals surface area contributed by atoms with Crippen LogP contribution in [-0.4, -0.2) is 31.9 Å². The Morgan fingerprint density at radius 1 is 1.40 bits per heavy atom. The molecule has 0 unspecified atom stereocenters. The lowest BCUT2D eigenvalue weighted by Crippen LogP contribution is -2.34. The van der Waals surface area contributed by atoms with Crippen molar-refractivity contribution in [1.29, 1.82) is 0 Å². The fourth-order valence-electron chi connectivity index (χ4n) is 1.96. The first-order valence-corrected chi connectivity index (χ1v) is 6.65. The van der Waals surface area contributed by atoms with Crippen LogP contribution in [0.3, 0.4) is 0 Å². The van der Waals surface area contributed by atoms with E-state index in [-0.39, 0.29) is 25.3 Å². The van der Waals surface area contributed by atoms with Crippen molar-refractivity contribution in [1.82, 2.24) is 5.32 Å². The Morgan fingerprint density at radius 3 is 2.75 bits per heavy atom. The minimum absolute atomic E-state index is 0.0323. The van der Waals surface area contributed by atoms with Crippen LogP contribution in [0.1, 0.15) is 19.4 Å². The van der Waals surface area contributed by atoms with Gasteiger partial charge in [0, 0.05) is 12.1 Å². The molecule has 0 aromatic heterocycles. The number of carbonyl (C=O) groups is 1. The van der Waals surface area contributed by atoms with Crippen molar-refractivity contribution in [2.45, 2.75) is 26.3 Å². The molecule has 1 aromatic rings. The van der Waals surface area contributed by atoms with Gasteiger partial charge in [-0.05, 0) is 38.4 Å². The Balaban J connectivity index is 2.07. The van der Waals surface area contributed by atoms with E-state index in [1.807, 2.05) is 19.9 Å². The first-order valence-electron chi connectivity index (χ1n) is 6.65. The van der Waals surface area contributed by atoms with Crippen LogP contribution in [0.15, 0.2) is 12.1 Å². The van der Waals surface area contributed by atoms with Crippen molar-refractivity contribution in [2.24, 2.45) is 5.73 Å². The van der Waals surface area contributed by atoms with Crippen LogP contribution >= 0.6 is 0 Å². The zero-order chi connectivity index (χ0) is 14.5. The molecule has 0 fully saturated rings. The molecule has 6 nitrogen and oxygen atoms in total. The molecule has 1 amide bonds. The molecule has 20 heavy (non-hydrogen) atoms. The topological polar surface area (TPSA) is 82.8 Å². The van der Waals surface area contributed by atoms with Crippen molar-refractivity contribution in [3.8, 4) is 17.2 Å². The number of nitrogens with one attached hydrogen (secondary N) is 1. The summed E-state index contributed by atoms with van der Waals surface area (Å²) in [7, 11) is 0. The van der Waals surface area contributed by atoms with Gasteiger partial charge in [-0.25, -0.2) is 0 Å². The Bertz CT molecular complexity index is 488. The maximum absolute atomic E-state index is 11.6. The van der Waals surface area contributed by atoms with Crippen molar-refractivity contribution in [3.05, 3.63) is 17.7 Å². The molecule has 0 spiro atoms. The van der Waals surface area contributed by atoms with Gasteiger partial charge in [-0.2, -0.15) is 0 Å². The van der Waals surface area contributed by atoms with E-state index in [2.05, 4.69) is 5.32 Å². The normalized spacial score (nSPS) is 12.6. The summed E-state index contributed by atoms with van der Waals surface area (Å²) in [5.41, 5.74) is 6.50. The Morgan fingerprint density at radius 2 is 2.10 bits per heavy atom. The van der Waals surface area contributed by atoms with Gasteiger partial charge in [0.25, 0.3) is 5.91 Å². The van der Waals surface area contributed by atoms with Crippen molar-refractivity contribution >= 4 is 5.91 Å². The van der Waals surface area contributed by atoms with Gasteiger partial charge in [0.1, 0.15) is 5.75 Å². The third kappa shape index (κ3) is 3.54. The number of rotatable bonds is 6. The number of fused-ring (bicyclic) bond motifs is 1. The van der Waals surface area contributed by atoms with Crippen LogP contribution in [0.2, 0.25) is 0 Å². The van der Waals surface area contributed by atoms with Gasteiger partial charge in [-0.15, -0.1) is 0 Å². The van der Waals surface area contributed by atoms with Crippen LogP contribution in [0, 0.1) is 0 Å². The molecule has 0 saturated carbocycles. The summed E-state index contributed by atoms with van der Waals surface area (Å²) in [5, 5.41) is 2.77. The highest BCUT2D eigenvalue weighted by Gasteiger charge is 2.18. The molecule has 0 saturated heterocycles. The third-order valence-corrected chi connectivity index (χ3v) is 2.78. The zero-order valence-electron chi connectivity index (χ0n) is 11.8. The molecule has 2 rings (SSSR count). The maximum Gasteiger partial charge on any atom is 0.258 e. The van der Waals surface area contributed by atoms with Gasteiger partial charge in [-0.1, -0.05) is 0 Å². The molecule has 0 aliphatic carbocycles. The molecular formula is C14H20N2O4. The standard InChI is InChI=1S/C14H20N2O4/c1-9(2)16-14(17)7-18-11-6-13-12(19-8-20-13)5-10(11)3-4-15/h5-6,9H,3-4,7-8,15H2,1-2H3,(H,16,17). The first kappa shape index (κ1) is 14.5. The van der Waals surface area contributed by atoms with Crippen LogP contribution in [0.5, 0.6) is 17.2 Å². The molecule has 0 bridgehead atoms. The summed E-state index contributed by atoms with van der Waals surface area (Å²) in [4.78, 5) is 11.6. The zero-order valence-corrected chi connectivity index (χ0v) is 11.8. The largest absolute Gasteiger partial charge is 0.483 e. The second-order valence-corrected chi connectivity index (χ2v) is 4.86. The number of hydrogen-bond donors (Lipinski definition) is 2. The molecule has 6 heteroatoms. The first-order chi connectivity index (χ1) is 9.60. The second kappa shape index (κ2) is 6.47. The van der Waals surface area contributed by atoms with E-state index >= 15 is 0 Å². The van der Waals surface area contributed by atoms with E-state index in [9.17, 15) is 4.79 Å². The van der Waals surface area contributed by atoms with E-state index in [4.69, 9.17) is 19.9 Å². The number of benzene rings is 1. The van der Waals surface area contributed by atoms with Crippen LogP contribution in [0.25, 0.3) is 0 Å². The summed E-state index contributed by atoms with van der Waals surface area (Å²) in [5.74, 6) is 1.77. The van der Waals surface area contributed by atoms with Gasteiger partial charge < -0.3 is 25.3 Å². The Hall–Kier alpha value is -1.95. The predicted octanol–water partition coefficient (Wildman–Crippen LogP) is 0.820. The maximum atomic E-state index is 11.6. The lowest BCUT2D eigenvalue weighted by Gasteiger charge is -2.13. The molecule has 3 N–H and O–H groups in total. The van der Waals surface area contributed by atoms with Crippen molar-refractivity contribution in [3.63, 3.8) is 0 Å². The third-order valence-electron chi connectivity index (χ3n) is 2.78. The summed E-state index contributed by atoms with van der Waals surface area (Å²) in [6, 6.07) is 3.69. The monoisotopic (exact) mass is 280 g/mol. The lowest BCUT2D eigenvalue weighted by atomic mass is 10.1. The van der Waals surface area contributed by atoms with Gasteiger partial charge in [-0.3, -0.25) is 4.79 Å². The van der Waals surface area contributed by atoms with Gasteiger partial charge in [0.15, 0.2) is 18.1 Å².